The quantitative estimate of drug-likeness (QED) is 0.403. The molecular weight excluding hydrogens is 212 g/mol. The molecule has 0 fully saturated rings. The molecule has 1 aromatic carbocycles. The molecule has 2 heterocycles. The van der Waals surface area contributed by atoms with E-state index in [0.717, 1.165) is 0 Å². The standard InChI is InChI=1S/C9H6N4O3/c14-7-3-1-5-6(12-8(15)11-5)2-4(3)10-9(16)13-7/h1-2H,(H2,11,12,15)(H2,10,13,14,16). The Labute approximate surface area is 86.1 Å². The second kappa shape index (κ2) is 2.72. The topological polar surface area (TPSA) is 114 Å². The summed E-state index contributed by atoms with van der Waals surface area (Å²) in [4.78, 5) is 43.3. The van der Waals surface area contributed by atoms with Gasteiger partial charge in [0.15, 0.2) is 0 Å². The predicted molar refractivity (Wildman–Crippen MR) is 57.7 cm³/mol. The minimum absolute atomic E-state index is 0.322. The second-order valence-electron chi connectivity index (χ2n) is 3.43. The van der Waals surface area contributed by atoms with Crippen molar-refractivity contribution in [1.29, 1.82) is 0 Å². The summed E-state index contributed by atoms with van der Waals surface area (Å²) < 4.78 is 0. The maximum absolute atomic E-state index is 11.5. The number of nitrogens with one attached hydrogen (secondary N) is 4. The molecule has 0 spiro atoms. The zero-order valence-corrected chi connectivity index (χ0v) is 7.88. The molecule has 16 heavy (non-hydrogen) atoms. The third-order valence-corrected chi connectivity index (χ3v) is 2.37. The van der Waals surface area contributed by atoms with Crippen LogP contribution in [0.15, 0.2) is 26.5 Å². The van der Waals surface area contributed by atoms with E-state index in [1.54, 1.807) is 6.07 Å². The molecule has 0 aliphatic carbocycles. The van der Waals surface area contributed by atoms with Gasteiger partial charge in [-0.1, -0.05) is 0 Å². The van der Waals surface area contributed by atoms with E-state index in [9.17, 15) is 14.4 Å². The van der Waals surface area contributed by atoms with Crippen LogP contribution in [0.2, 0.25) is 0 Å². The Morgan fingerprint density at radius 2 is 1.25 bits per heavy atom. The van der Waals surface area contributed by atoms with Crippen molar-refractivity contribution >= 4 is 21.9 Å². The molecule has 0 atom stereocenters. The molecule has 80 valence electrons. The van der Waals surface area contributed by atoms with Crippen LogP contribution in [-0.2, 0) is 0 Å². The van der Waals surface area contributed by atoms with Crippen LogP contribution in [0.1, 0.15) is 0 Å². The molecule has 0 aliphatic heterocycles. The van der Waals surface area contributed by atoms with Gasteiger partial charge in [-0.2, -0.15) is 0 Å². The Morgan fingerprint density at radius 1 is 0.688 bits per heavy atom. The predicted octanol–water partition coefficient (Wildman–Crippen LogP) is -0.614. The number of rotatable bonds is 0. The molecule has 0 amide bonds. The van der Waals surface area contributed by atoms with Gasteiger partial charge in [0, 0.05) is 0 Å². The fourth-order valence-electron chi connectivity index (χ4n) is 1.70. The summed E-state index contributed by atoms with van der Waals surface area (Å²) in [6.45, 7) is 0. The van der Waals surface area contributed by atoms with Crippen LogP contribution in [-0.4, -0.2) is 19.9 Å². The Kier molecular flexibility index (Phi) is 1.48. The van der Waals surface area contributed by atoms with Crippen LogP contribution >= 0.6 is 0 Å². The summed E-state index contributed by atoms with van der Waals surface area (Å²) in [6, 6.07) is 3.05. The number of aromatic amines is 4. The molecular formula is C9H6N4O3. The van der Waals surface area contributed by atoms with Crippen LogP contribution in [0, 0.1) is 0 Å². The fraction of sp³-hybridized carbons (Fsp3) is 0. The number of hydrogen-bond donors (Lipinski definition) is 4. The first-order chi connectivity index (χ1) is 7.63. The maximum Gasteiger partial charge on any atom is 0.326 e. The second-order valence-corrected chi connectivity index (χ2v) is 3.43. The summed E-state index contributed by atoms with van der Waals surface area (Å²) in [6.07, 6.45) is 0. The van der Waals surface area contributed by atoms with E-state index in [-0.39, 0.29) is 5.69 Å². The largest absolute Gasteiger partial charge is 0.326 e. The molecule has 0 unspecified atom stereocenters. The van der Waals surface area contributed by atoms with Crippen molar-refractivity contribution in [2.75, 3.05) is 0 Å². The van der Waals surface area contributed by atoms with Crippen molar-refractivity contribution in [1.82, 2.24) is 19.9 Å². The molecule has 0 saturated carbocycles. The number of fused-ring (bicyclic) bond motifs is 2. The summed E-state index contributed by atoms with van der Waals surface area (Å²) in [5.74, 6) is 0. The van der Waals surface area contributed by atoms with Crippen molar-refractivity contribution in [3.63, 3.8) is 0 Å². The summed E-state index contributed by atoms with van der Waals surface area (Å²) in [5.41, 5.74) is 0.0341. The summed E-state index contributed by atoms with van der Waals surface area (Å²) >= 11 is 0. The van der Waals surface area contributed by atoms with E-state index in [1.807, 2.05) is 0 Å². The normalized spacial score (nSPS) is 11.2. The molecule has 0 aliphatic rings. The highest BCUT2D eigenvalue weighted by molar-refractivity contribution is 5.92. The fourth-order valence-corrected chi connectivity index (χ4v) is 1.70. The minimum Gasteiger partial charge on any atom is -0.307 e. The summed E-state index contributed by atoms with van der Waals surface area (Å²) in [7, 11) is 0. The first-order valence-electron chi connectivity index (χ1n) is 4.52. The average molecular weight is 218 g/mol. The van der Waals surface area contributed by atoms with Crippen LogP contribution in [0.5, 0.6) is 0 Å². The lowest BCUT2D eigenvalue weighted by atomic mass is 10.2. The van der Waals surface area contributed by atoms with Gasteiger partial charge in [-0.05, 0) is 12.1 Å². The van der Waals surface area contributed by atoms with Crippen molar-refractivity contribution in [2.45, 2.75) is 0 Å². The Morgan fingerprint density at radius 3 is 2.00 bits per heavy atom. The SMILES string of the molecule is O=c1[nH]c2cc3[nH]c(=O)[nH]c(=O)c3cc2[nH]1. The summed E-state index contributed by atoms with van der Waals surface area (Å²) in [5, 5.41) is 0.322. The van der Waals surface area contributed by atoms with E-state index in [2.05, 4.69) is 19.9 Å². The molecule has 0 bridgehead atoms. The van der Waals surface area contributed by atoms with Gasteiger partial charge in [0.05, 0.1) is 21.9 Å². The molecule has 3 rings (SSSR count). The van der Waals surface area contributed by atoms with Crippen molar-refractivity contribution < 1.29 is 0 Å². The van der Waals surface area contributed by atoms with E-state index in [4.69, 9.17) is 0 Å². The Balaban J connectivity index is 2.65. The molecule has 2 aromatic heterocycles. The third kappa shape index (κ3) is 1.11. The van der Waals surface area contributed by atoms with Gasteiger partial charge in [-0.25, -0.2) is 9.59 Å². The first-order valence-corrected chi connectivity index (χ1v) is 4.52. The van der Waals surface area contributed by atoms with E-state index in [1.165, 1.54) is 6.07 Å². The van der Waals surface area contributed by atoms with E-state index >= 15 is 0 Å². The number of hydrogen-bond acceptors (Lipinski definition) is 3. The number of aromatic nitrogens is 4. The number of H-pyrrole nitrogens is 4. The van der Waals surface area contributed by atoms with Gasteiger partial charge < -0.3 is 15.0 Å². The molecule has 3 aromatic rings. The number of benzene rings is 1. The van der Waals surface area contributed by atoms with Crippen molar-refractivity contribution in [3.8, 4) is 0 Å². The maximum atomic E-state index is 11.5. The Hall–Kier alpha value is -2.57. The van der Waals surface area contributed by atoms with Gasteiger partial charge in [0.25, 0.3) is 5.56 Å². The highest BCUT2D eigenvalue weighted by Gasteiger charge is 2.04. The molecule has 4 N–H and O–H groups in total. The monoisotopic (exact) mass is 218 g/mol. The zero-order chi connectivity index (χ0) is 11.3. The lowest BCUT2D eigenvalue weighted by molar-refractivity contribution is 1.08. The minimum atomic E-state index is -0.574. The van der Waals surface area contributed by atoms with Gasteiger partial charge in [0.2, 0.25) is 0 Å². The smallest absolute Gasteiger partial charge is 0.307 e. The van der Waals surface area contributed by atoms with E-state index in [0.29, 0.717) is 21.9 Å². The Bertz CT molecular complexity index is 864. The molecule has 7 heteroatoms. The molecule has 0 saturated heterocycles. The molecule has 0 radical (unpaired) electrons. The van der Waals surface area contributed by atoms with Crippen molar-refractivity contribution in [2.24, 2.45) is 0 Å². The van der Waals surface area contributed by atoms with Gasteiger partial charge >= 0.3 is 11.4 Å². The lowest BCUT2D eigenvalue weighted by Gasteiger charge is -1.95. The third-order valence-electron chi connectivity index (χ3n) is 2.37. The van der Waals surface area contributed by atoms with Gasteiger partial charge in [-0.15, -0.1) is 0 Å². The van der Waals surface area contributed by atoms with Crippen LogP contribution in [0.4, 0.5) is 0 Å². The zero-order valence-electron chi connectivity index (χ0n) is 7.88. The first kappa shape index (κ1) is 8.72. The van der Waals surface area contributed by atoms with E-state index < -0.39 is 11.2 Å². The lowest BCUT2D eigenvalue weighted by Crippen LogP contribution is -2.21. The molecule has 7 nitrogen and oxygen atoms in total. The average Bonchev–Trinajstić information content (AvgIpc) is 2.54. The van der Waals surface area contributed by atoms with Crippen LogP contribution < -0.4 is 16.9 Å². The number of imidazole rings is 1. The highest BCUT2D eigenvalue weighted by Crippen LogP contribution is 2.13. The van der Waals surface area contributed by atoms with Gasteiger partial charge in [0.1, 0.15) is 0 Å². The van der Waals surface area contributed by atoms with Gasteiger partial charge in [-0.3, -0.25) is 9.78 Å². The van der Waals surface area contributed by atoms with Crippen molar-refractivity contribution in [3.05, 3.63) is 43.5 Å². The van der Waals surface area contributed by atoms with Crippen LogP contribution in [0.25, 0.3) is 21.9 Å². The van der Waals surface area contributed by atoms with Crippen LogP contribution in [0.3, 0.4) is 0 Å². The highest BCUT2D eigenvalue weighted by atomic mass is 16.2.